The van der Waals surface area contributed by atoms with Gasteiger partial charge in [-0.3, -0.25) is 0 Å². The molecule has 0 bridgehead atoms. The summed E-state index contributed by atoms with van der Waals surface area (Å²) in [6.45, 7) is 4.10. The molecule has 0 aliphatic carbocycles. The summed E-state index contributed by atoms with van der Waals surface area (Å²) < 4.78 is 0. The predicted molar refractivity (Wildman–Crippen MR) is 82.0 cm³/mol. The average Bonchev–Trinajstić information content (AvgIpc) is 2.65. The van der Waals surface area contributed by atoms with Crippen molar-refractivity contribution in [3.8, 4) is 0 Å². The molecule has 102 valence electrons. The number of carbonyl (C=O) groups is 1. The van der Waals surface area contributed by atoms with Gasteiger partial charge in [-0.05, 0) is 42.9 Å². The lowest BCUT2D eigenvalue weighted by Gasteiger charge is -2.24. The molecule has 1 fully saturated rings. The van der Waals surface area contributed by atoms with E-state index in [1.54, 1.807) is 6.08 Å². The maximum absolute atomic E-state index is 10.7. The number of nitrogens with zero attached hydrogens (tertiary/aromatic N) is 1. The molecule has 0 spiro atoms. The summed E-state index contributed by atoms with van der Waals surface area (Å²) in [7, 11) is 0. The summed E-state index contributed by atoms with van der Waals surface area (Å²) >= 11 is 1.99. The molecule has 0 radical (unpaired) electrons. The van der Waals surface area contributed by atoms with Gasteiger partial charge in [0.05, 0.1) is 0 Å². The fourth-order valence-electron chi connectivity index (χ4n) is 2.24. The number of hydrogen-bond donors (Lipinski definition) is 1. The zero-order chi connectivity index (χ0) is 13.7. The van der Waals surface area contributed by atoms with Crippen molar-refractivity contribution >= 4 is 29.5 Å². The van der Waals surface area contributed by atoms with Gasteiger partial charge in [-0.25, -0.2) is 4.79 Å². The first-order valence-electron chi connectivity index (χ1n) is 6.51. The van der Waals surface area contributed by atoms with Crippen molar-refractivity contribution in [3.63, 3.8) is 0 Å². The zero-order valence-corrected chi connectivity index (χ0v) is 11.9. The van der Waals surface area contributed by atoms with E-state index >= 15 is 0 Å². The second-order valence-corrected chi connectivity index (χ2v) is 5.91. The topological polar surface area (TPSA) is 40.5 Å². The maximum Gasteiger partial charge on any atom is 0.328 e. The van der Waals surface area contributed by atoms with Gasteiger partial charge < -0.3 is 10.0 Å². The molecule has 0 atom stereocenters. The van der Waals surface area contributed by atoms with Gasteiger partial charge >= 0.3 is 5.97 Å². The minimum Gasteiger partial charge on any atom is -0.478 e. The highest BCUT2D eigenvalue weighted by Crippen LogP contribution is 2.25. The number of carboxylic acid groups (broad SMARTS) is 1. The van der Waals surface area contributed by atoms with Crippen LogP contribution >= 0.6 is 11.8 Å². The Morgan fingerprint density at radius 3 is 3.00 bits per heavy atom. The van der Waals surface area contributed by atoms with E-state index in [0.29, 0.717) is 0 Å². The maximum atomic E-state index is 10.7. The van der Waals surface area contributed by atoms with E-state index in [0.717, 1.165) is 35.7 Å². The van der Waals surface area contributed by atoms with Crippen LogP contribution < -0.4 is 4.90 Å². The van der Waals surface area contributed by atoms with Crippen molar-refractivity contribution in [2.45, 2.75) is 13.3 Å². The van der Waals surface area contributed by atoms with Gasteiger partial charge in [-0.1, -0.05) is 11.6 Å². The summed E-state index contributed by atoms with van der Waals surface area (Å²) in [6, 6.07) is 6.24. The Bertz CT molecular complexity index is 477. The van der Waals surface area contributed by atoms with Crippen molar-refractivity contribution in [3.05, 3.63) is 35.4 Å². The SMILES string of the molecule is Cc1ccc(N2CCCSCC2)c(/C=C/C(=O)O)c1. The second kappa shape index (κ2) is 6.66. The van der Waals surface area contributed by atoms with E-state index < -0.39 is 5.97 Å². The number of aryl methyl sites for hydroxylation is 1. The smallest absolute Gasteiger partial charge is 0.328 e. The quantitative estimate of drug-likeness (QED) is 0.862. The lowest BCUT2D eigenvalue weighted by atomic mass is 10.1. The van der Waals surface area contributed by atoms with E-state index in [2.05, 4.69) is 17.0 Å². The number of aliphatic carboxylic acids is 1. The first-order valence-corrected chi connectivity index (χ1v) is 7.66. The molecular weight excluding hydrogens is 258 g/mol. The minimum absolute atomic E-state index is 0.904. The largest absolute Gasteiger partial charge is 0.478 e. The van der Waals surface area contributed by atoms with Crippen molar-refractivity contribution in [2.24, 2.45) is 0 Å². The van der Waals surface area contributed by atoms with Gasteiger partial charge in [0.1, 0.15) is 0 Å². The normalized spacial score (nSPS) is 16.6. The molecule has 1 aliphatic heterocycles. The Morgan fingerprint density at radius 1 is 1.37 bits per heavy atom. The fourth-order valence-corrected chi connectivity index (χ4v) is 3.13. The van der Waals surface area contributed by atoms with Crippen LogP contribution in [0.15, 0.2) is 24.3 Å². The molecule has 1 aromatic carbocycles. The van der Waals surface area contributed by atoms with E-state index in [4.69, 9.17) is 5.11 Å². The molecule has 3 nitrogen and oxygen atoms in total. The monoisotopic (exact) mass is 277 g/mol. The summed E-state index contributed by atoms with van der Waals surface area (Å²) in [6.07, 6.45) is 4.09. The third kappa shape index (κ3) is 4.03. The highest BCUT2D eigenvalue weighted by molar-refractivity contribution is 7.99. The zero-order valence-electron chi connectivity index (χ0n) is 11.1. The minimum atomic E-state index is -0.904. The van der Waals surface area contributed by atoms with Crippen LogP contribution in [-0.4, -0.2) is 35.7 Å². The van der Waals surface area contributed by atoms with E-state index in [-0.39, 0.29) is 0 Å². The van der Waals surface area contributed by atoms with Gasteiger partial charge in [0.25, 0.3) is 0 Å². The van der Waals surface area contributed by atoms with E-state index in [1.807, 2.05) is 24.8 Å². The molecule has 0 amide bonds. The van der Waals surface area contributed by atoms with Gasteiger partial charge in [-0.15, -0.1) is 0 Å². The number of hydrogen-bond acceptors (Lipinski definition) is 3. The molecule has 19 heavy (non-hydrogen) atoms. The van der Waals surface area contributed by atoms with Crippen LogP contribution in [0, 0.1) is 6.92 Å². The average molecular weight is 277 g/mol. The Morgan fingerprint density at radius 2 is 2.21 bits per heavy atom. The molecule has 0 aromatic heterocycles. The fraction of sp³-hybridized carbons (Fsp3) is 0.400. The molecule has 1 heterocycles. The number of rotatable bonds is 3. The van der Waals surface area contributed by atoms with Crippen molar-refractivity contribution in [1.29, 1.82) is 0 Å². The van der Waals surface area contributed by atoms with Crippen LogP contribution in [0.4, 0.5) is 5.69 Å². The standard InChI is InChI=1S/C15H19NO2S/c1-12-3-5-14(13(11-12)4-6-15(17)18)16-7-2-9-19-10-8-16/h3-6,11H,2,7-10H2,1H3,(H,17,18)/b6-4+. The molecule has 1 aromatic rings. The molecule has 0 saturated carbocycles. The number of carboxylic acids is 1. The third-order valence-corrected chi connectivity index (χ3v) is 4.20. The predicted octanol–water partition coefficient (Wildman–Crippen LogP) is 3.04. The van der Waals surface area contributed by atoms with Crippen molar-refractivity contribution in [2.75, 3.05) is 29.5 Å². The number of benzene rings is 1. The Kier molecular flexibility index (Phi) is 4.91. The molecule has 2 rings (SSSR count). The van der Waals surface area contributed by atoms with Gasteiger partial charge in [-0.2, -0.15) is 11.8 Å². The van der Waals surface area contributed by atoms with E-state index in [1.165, 1.54) is 18.2 Å². The first-order chi connectivity index (χ1) is 9.16. The number of anilines is 1. The summed E-state index contributed by atoms with van der Waals surface area (Å²) in [5, 5.41) is 8.79. The van der Waals surface area contributed by atoms with Crippen LogP contribution in [0.5, 0.6) is 0 Å². The van der Waals surface area contributed by atoms with Crippen LogP contribution in [0.3, 0.4) is 0 Å². The molecule has 1 aliphatic rings. The highest BCUT2D eigenvalue weighted by Gasteiger charge is 2.12. The van der Waals surface area contributed by atoms with Crippen molar-refractivity contribution in [1.82, 2.24) is 0 Å². The Labute approximate surface area is 118 Å². The van der Waals surface area contributed by atoms with Crippen LogP contribution in [0.2, 0.25) is 0 Å². The van der Waals surface area contributed by atoms with Gasteiger partial charge in [0.15, 0.2) is 0 Å². The molecule has 1 N–H and O–H groups in total. The van der Waals surface area contributed by atoms with Gasteiger partial charge in [0, 0.05) is 30.6 Å². The van der Waals surface area contributed by atoms with E-state index in [9.17, 15) is 4.79 Å². The molecule has 0 unspecified atom stereocenters. The van der Waals surface area contributed by atoms with Crippen LogP contribution in [-0.2, 0) is 4.79 Å². The lowest BCUT2D eigenvalue weighted by molar-refractivity contribution is -0.131. The summed E-state index contributed by atoms with van der Waals surface area (Å²) in [4.78, 5) is 13.1. The molecule has 4 heteroatoms. The highest BCUT2D eigenvalue weighted by atomic mass is 32.2. The van der Waals surface area contributed by atoms with Crippen LogP contribution in [0.25, 0.3) is 6.08 Å². The lowest BCUT2D eigenvalue weighted by Crippen LogP contribution is -2.26. The Balaban J connectivity index is 2.29. The second-order valence-electron chi connectivity index (χ2n) is 4.69. The molecule has 1 saturated heterocycles. The number of thioether (sulfide) groups is 1. The van der Waals surface area contributed by atoms with Crippen molar-refractivity contribution < 1.29 is 9.90 Å². The van der Waals surface area contributed by atoms with Crippen LogP contribution in [0.1, 0.15) is 17.5 Å². The first kappa shape index (κ1) is 14.0. The van der Waals surface area contributed by atoms with Gasteiger partial charge in [0.2, 0.25) is 0 Å². The third-order valence-electron chi connectivity index (χ3n) is 3.15. The molecular formula is C15H19NO2S. The Hall–Kier alpha value is -1.42. The summed E-state index contributed by atoms with van der Waals surface area (Å²) in [5.41, 5.74) is 3.29. The summed E-state index contributed by atoms with van der Waals surface area (Å²) in [5.74, 6) is 1.44.